The van der Waals surface area contributed by atoms with Crippen LogP contribution in [-0.2, 0) is 16.0 Å². The number of aliphatic imine (C=N–C) groups is 1. The van der Waals surface area contributed by atoms with Gasteiger partial charge in [0.15, 0.2) is 5.96 Å². The first-order valence-electron chi connectivity index (χ1n) is 9.43. The Kier molecular flexibility index (Phi) is 8.77. The molecule has 1 unspecified atom stereocenters. The largest absolute Gasteiger partial charge is 0.381 e. The van der Waals surface area contributed by atoms with Crippen LogP contribution in [0.5, 0.6) is 0 Å². The number of hydrogen-bond acceptors (Lipinski definition) is 3. The van der Waals surface area contributed by atoms with Crippen molar-refractivity contribution in [3.8, 4) is 0 Å². The van der Waals surface area contributed by atoms with Crippen molar-refractivity contribution in [1.29, 1.82) is 0 Å². The maximum absolute atomic E-state index is 5.74. The normalized spacial score (nSPS) is 17.7. The molecule has 1 aliphatic rings. The van der Waals surface area contributed by atoms with Crippen molar-refractivity contribution < 1.29 is 9.47 Å². The van der Waals surface area contributed by atoms with E-state index in [0.29, 0.717) is 12.5 Å². The minimum atomic E-state index is 0.588. The molecule has 0 aromatic heterocycles. The van der Waals surface area contributed by atoms with Crippen LogP contribution in [0.4, 0.5) is 0 Å². The summed E-state index contributed by atoms with van der Waals surface area (Å²) < 4.78 is 11.1. The van der Waals surface area contributed by atoms with Crippen molar-refractivity contribution in [2.45, 2.75) is 40.2 Å². The molecule has 0 bridgehead atoms. The molecule has 1 aromatic carbocycles. The summed E-state index contributed by atoms with van der Waals surface area (Å²) in [6.45, 7) is 12.1. The van der Waals surface area contributed by atoms with Crippen molar-refractivity contribution in [1.82, 2.24) is 10.6 Å². The van der Waals surface area contributed by atoms with Crippen molar-refractivity contribution in [2.24, 2.45) is 10.9 Å². The van der Waals surface area contributed by atoms with E-state index in [-0.39, 0.29) is 0 Å². The zero-order valence-electron chi connectivity index (χ0n) is 15.9. The lowest BCUT2D eigenvalue weighted by atomic mass is 10.1. The number of nitrogens with zero attached hydrogens (tertiary/aromatic N) is 1. The topological polar surface area (TPSA) is 54.9 Å². The summed E-state index contributed by atoms with van der Waals surface area (Å²) in [6, 6.07) is 6.52. The molecular formula is C20H33N3O2. The highest BCUT2D eigenvalue weighted by Crippen LogP contribution is 2.12. The van der Waals surface area contributed by atoms with Crippen molar-refractivity contribution in [3.63, 3.8) is 0 Å². The first-order valence-corrected chi connectivity index (χ1v) is 9.43. The van der Waals surface area contributed by atoms with Crippen molar-refractivity contribution in [2.75, 3.05) is 39.5 Å². The standard InChI is InChI=1S/C20H33N3O2/c1-4-21-20(23-13-19-7-6-16(2)12-17(19)3)22-9-5-10-24-14-18-8-11-25-15-18/h6-7,12,18H,4-5,8-11,13-15H2,1-3H3,(H2,21,22,23). The second-order valence-electron chi connectivity index (χ2n) is 6.71. The third-order valence-corrected chi connectivity index (χ3v) is 4.39. The van der Waals surface area contributed by atoms with Gasteiger partial charge < -0.3 is 20.1 Å². The van der Waals surface area contributed by atoms with Gasteiger partial charge in [-0.05, 0) is 44.7 Å². The average Bonchev–Trinajstić information content (AvgIpc) is 3.10. The molecule has 2 rings (SSSR count). The maximum Gasteiger partial charge on any atom is 0.191 e. The summed E-state index contributed by atoms with van der Waals surface area (Å²) in [4.78, 5) is 4.69. The number of ether oxygens (including phenoxy) is 2. The number of benzene rings is 1. The molecule has 1 aromatic rings. The van der Waals surface area contributed by atoms with Crippen LogP contribution in [0.3, 0.4) is 0 Å². The number of rotatable bonds is 9. The van der Waals surface area contributed by atoms with Gasteiger partial charge in [0.25, 0.3) is 0 Å². The highest BCUT2D eigenvalue weighted by molar-refractivity contribution is 5.79. The average molecular weight is 348 g/mol. The molecular weight excluding hydrogens is 314 g/mol. The molecule has 0 spiro atoms. The van der Waals surface area contributed by atoms with Gasteiger partial charge in [-0.1, -0.05) is 23.8 Å². The van der Waals surface area contributed by atoms with Gasteiger partial charge in [0.1, 0.15) is 0 Å². The fourth-order valence-electron chi connectivity index (χ4n) is 2.87. The molecule has 0 amide bonds. The molecule has 1 saturated heterocycles. The van der Waals surface area contributed by atoms with Gasteiger partial charge in [-0.25, -0.2) is 4.99 Å². The van der Waals surface area contributed by atoms with Crippen LogP contribution >= 0.6 is 0 Å². The van der Waals surface area contributed by atoms with Gasteiger partial charge in [0.2, 0.25) is 0 Å². The number of aryl methyl sites for hydroxylation is 2. The Morgan fingerprint density at radius 1 is 1.32 bits per heavy atom. The molecule has 140 valence electrons. The van der Waals surface area contributed by atoms with E-state index in [0.717, 1.165) is 58.3 Å². The highest BCUT2D eigenvalue weighted by Gasteiger charge is 2.15. The highest BCUT2D eigenvalue weighted by atomic mass is 16.5. The summed E-state index contributed by atoms with van der Waals surface area (Å²) in [6.07, 6.45) is 2.11. The fourth-order valence-corrected chi connectivity index (χ4v) is 2.87. The first-order chi connectivity index (χ1) is 12.2. The van der Waals surface area contributed by atoms with Crippen LogP contribution in [0.2, 0.25) is 0 Å². The third-order valence-electron chi connectivity index (χ3n) is 4.39. The van der Waals surface area contributed by atoms with E-state index >= 15 is 0 Å². The van der Waals surface area contributed by atoms with Crippen LogP contribution in [0.1, 0.15) is 36.5 Å². The molecule has 1 aliphatic heterocycles. The molecule has 0 radical (unpaired) electrons. The first kappa shape index (κ1) is 19.7. The molecule has 0 aliphatic carbocycles. The van der Waals surface area contributed by atoms with Gasteiger partial charge in [-0.3, -0.25) is 0 Å². The van der Waals surface area contributed by atoms with Crippen LogP contribution in [-0.4, -0.2) is 45.5 Å². The van der Waals surface area contributed by atoms with Gasteiger partial charge in [-0.15, -0.1) is 0 Å². The lowest BCUT2D eigenvalue weighted by Gasteiger charge is -2.13. The predicted molar refractivity (Wildman–Crippen MR) is 103 cm³/mol. The van der Waals surface area contributed by atoms with Crippen molar-refractivity contribution in [3.05, 3.63) is 34.9 Å². The van der Waals surface area contributed by atoms with Crippen LogP contribution < -0.4 is 10.6 Å². The van der Waals surface area contributed by atoms with Crippen LogP contribution in [0, 0.1) is 19.8 Å². The molecule has 1 fully saturated rings. The van der Waals surface area contributed by atoms with Gasteiger partial charge in [0, 0.05) is 32.2 Å². The minimum absolute atomic E-state index is 0.588. The third kappa shape index (κ3) is 7.45. The monoisotopic (exact) mass is 347 g/mol. The molecule has 5 heteroatoms. The number of guanidine groups is 1. The quantitative estimate of drug-likeness (QED) is 0.410. The van der Waals surface area contributed by atoms with Crippen molar-refractivity contribution >= 4 is 5.96 Å². The lowest BCUT2D eigenvalue weighted by Crippen LogP contribution is -2.38. The Hall–Kier alpha value is -1.59. The number of nitrogens with one attached hydrogen (secondary N) is 2. The summed E-state index contributed by atoms with van der Waals surface area (Å²) in [7, 11) is 0. The number of hydrogen-bond donors (Lipinski definition) is 2. The Bertz CT molecular complexity index is 540. The molecule has 1 heterocycles. The molecule has 1 atom stereocenters. The lowest BCUT2D eigenvalue weighted by molar-refractivity contribution is 0.0888. The molecule has 0 saturated carbocycles. The summed E-state index contributed by atoms with van der Waals surface area (Å²) in [5.74, 6) is 1.45. The maximum atomic E-state index is 5.74. The molecule has 25 heavy (non-hydrogen) atoms. The van der Waals surface area contributed by atoms with E-state index in [1.165, 1.54) is 16.7 Å². The fraction of sp³-hybridized carbons (Fsp3) is 0.650. The Balaban J connectivity index is 1.68. The SMILES string of the molecule is CCNC(=NCc1ccc(C)cc1C)NCCCOCC1CCOC1. The van der Waals surface area contributed by atoms with Crippen LogP contribution in [0.15, 0.2) is 23.2 Å². The van der Waals surface area contributed by atoms with Gasteiger partial charge in [0.05, 0.1) is 19.8 Å². The second-order valence-corrected chi connectivity index (χ2v) is 6.71. The Morgan fingerprint density at radius 3 is 2.92 bits per heavy atom. The summed E-state index contributed by atoms with van der Waals surface area (Å²) in [5, 5.41) is 6.69. The van der Waals surface area contributed by atoms with E-state index < -0.39 is 0 Å². The van der Waals surface area contributed by atoms with Crippen LogP contribution in [0.25, 0.3) is 0 Å². The molecule has 2 N–H and O–H groups in total. The Morgan fingerprint density at radius 2 is 2.20 bits per heavy atom. The van der Waals surface area contributed by atoms with E-state index in [2.05, 4.69) is 49.6 Å². The predicted octanol–water partition coefficient (Wildman–Crippen LogP) is 2.80. The minimum Gasteiger partial charge on any atom is -0.381 e. The summed E-state index contributed by atoms with van der Waals surface area (Å²) >= 11 is 0. The molecule has 5 nitrogen and oxygen atoms in total. The van der Waals surface area contributed by atoms with E-state index in [1.54, 1.807) is 0 Å². The summed E-state index contributed by atoms with van der Waals surface area (Å²) in [5.41, 5.74) is 3.85. The Labute approximate surface area is 152 Å². The zero-order valence-corrected chi connectivity index (χ0v) is 15.9. The van der Waals surface area contributed by atoms with E-state index in [9.17, 15) is 0 Å². The van der Waals surface area contributed by atoms with E-state index in [4.69, 9.17) is 14.5 Å². The van der Waals surface area contributed by atoms with Gasteiger partial charge in [-0.2, -0.15) is 0 Å². The zero-order chi connectivity index (χ0) is 17.9. The van der Waals surface area contributed by atoms with Gasteiger partial charge >= 0.3 is 0 Å². The second kappa shape index (κ2) is 11.1. The van der Waals surface area contributed by atoms with E-state index in [1.807, 2.05) is 0 Å². The smallest absolute Gasteiger partial charge is 0.191 e.